The average molecular weight is 527 g/mol. The standard InChI is InChI=1S/C29H38N2O7/c1-18-29(27(34)35-5)15-20(13-25(32)30-10-6-7-11-30)26(33)31(23(29)14-24(38-18)28(2,3)4)16-19-8-9-21-22(12-19)37-17-36-21/h8-9,12,14,18,20,24H,6-7,10-11,13,15-17H2,1-5H3/t18-,20+,24-,29+/m1/s1. The third kappa shape index (κ3) is 4.55. The maximum atomic E-state index is 14.2. The SMILES string of the molecule is COC(=O)[C@]12C[C@H](CC(=O)N3CCCC3)C(=O)N(Cc3ccc4c(c3)OCO4)C1=C[C@H](C(C)(C)C)O[C@@H]2C. The first-order chi connectivity index (χ1) is 18.0. The van der Waals surface area contributed by atoms with Gasteiger partial charge in [0.1, 0.15) is 5.41 Å². The van der Waals surface area contributed by atoms with Gasteiger partial charge in [0, 0.05) is 31.1 Å². The van der Waals surface area contributed by atoms with Gasteiger partial charge in [0.2, 0.25) is 18.6 Å². The fraction of sp³-hybridized carbons (Fsp3) is 0.621. The minimum absolute atomic E-state index is 0.0479. The fourth-order valence-corrected chi connectivity index (χ4v) is 6.13. The Labute approximate surface area is 224 Å². The minimum Gasteiger partial charge on any atom is -0.468 e. The molecule has 5 rings (SSSR count). The molecule has 4 aliphatic heterocycles. The fourth-order valence-electron chi connectivity index (χ4n) is 6.13. The van der Waals surface area contributed by atoms with Crippen LogP contribution in [0, 0.1) is 16.7 Å². The third-order valence-electron chi connectivity index (χ3n) is 8.35. The van der Waals surface area contributed by atoms with Crippen LogP contribution in [0.3, 0.4) is 0 Å². The highest BCUT2D eigenvalue weighted by Gasteiger charge is 2.60. The molecule has 2 fully saturated rings. The summed E-state index contributed by atoms with van der Waals surface area (Å²) < 4.78 is 22.8. The molecule has 38 heavy (non-hydrogen) atoms. The molecule has 0 spiro atoms. The molecule has 0 aliphatic carbocycles. The van der Waals surface area contributed by atoms with Gasteiger partial charge >= 0.3 is 5.97 Å². The zero-order chi connectivity index (χ0) is 27.2. The average Bonchev–Trinajstić information content (AvgIpc) is 3.58. The molecule has 1 aromatic rings. The van der Waals surface area contributed by atoms with Gasteiger partial charge in [-0.2, -0.15) is 0 Å². The molecule has 0 radical (unpaired) electrons. The molecule has 2 amide bonds. The van der Waals surface area contributed by atoms with Crippen LogP contribution in [0.15, 0.2) is 30.0 Å². The summed E-state index contributed by atoms with van der Waals surface area (Å²) in [4.78, 5) is 44.5. The van der Waals surface area contributed by atoms with Gasteiger partial charge in [-0.15, -0.1) is 0 Å². The van der Waals surface area contributed by atoms with Crippen molar-refractivity contribution in [3.05, 3.63) is 35.5 Å². The quantitative estimate of drug-likeness (QED) is 0.541. The summed E-state index contributed by atoms with van der Waals surface area (Å²) in [6, 6.07) is 5.58. The lowest BCUT2D eigenvalue weighted by atomic mass is 9.65. The molecule has 1 aromatic carbocycles. The molecule has 2 saturated heterocycles. The number of benzene rings is 1. The number of methoxy groups -OCH3 is 1. The van der Waals surface area contributed by atoms with Crippen LogP contribution >= 0.6 is 0 Å². The number of amides is 2. The van der Waals surface area contributed by atoms with E-state index in [1.165, 1.54) is 7.11 Å². The smallest absolute Gasteiger partial charge is 0.320 e. The van der Waals surface area contributed by atoms with E-state index in [-0.39, 0.29) is 49.5 Å². The van der Waals surface area contributed by atoms with Crippen LogP contribution < -0.4 is 9.47 Å². The van der Waals surface area contributed by atoms with Gasteiger partial charge in [-0.25, -0.2) is 0 Å². The van der Waals surface area contributed by atoms with Gasteiger partial charge in [0.15, 0.2) is 11.5 Å². The molecular weight excluding hydrogens is 488 g/mol. The number of piperidine rings is 1. The monoisotopic (exact) mass is 526 g/mol. The van der Waals surface area contributed by atoms with Crippen LogP contribution in [-0.4, -0.2) is 66.8 Å². The van der Waals surface area contributed by atoms with Crippen LogP contribution in [-0.2, 0) is 30.4 Å². The number of carbonyl (C=O) groups excluding carboxylic acids is 3. The Morgan fingerprint density at radius 2 is 1.84 bits per heavy atom. The normalized spacial score (nSPS) is 28.7. The van der Waals surface area contributed by atoms with Crippen molar-refractivity contribution in [3.8, 4) is 11.5 Å². The maximum Gasteiger partial charge on any atom is 0.320 e. The van der Waals surface area contributed by atoms with Crippen molar-refractivity contribution in [2.45, 2.75) is 72.1 Å². The first kappa shape index (κ1) is 26.5. The highest BCUT2D eigenvalue weighted by atomic mass is 16.7. The molecule has 0 bridgehead atoms. The Morgan fingerprint density at radius 1 is 1.13 bits per heavy atom. The van der Waals surface area contributed by atoms with Gasteiger partial charge in [0.05, 0.1) is 25.9 Å². The number of carbonyl (C=O) groups is 3. The molecule has 4 atom stereocenters. The second-order valence-corrected chi connectivity index (χ2v) is 11.9. The highest BCUT2D eigenvalue weighted by molar-refractivity contribution is 5.92. The molecule has 206 valence electrons. The maximum absolute atomic E-state index is 14.2. The number of hydrogen-bond acceptors (Lipinski definition) is 7. The Bertz CT molecular complexity index is 1150. The van der Waals surface area contributed by atoms with E-state index < -0.39 is 23.4 Å². The van der Waals surface area contributed by atoms with E-state index in [1.54, 1.807) is 4.90 Å². The van der Waals surface area contributed by atoms with Crippen molar-refractivity contribution in [2.24, 2.45) is 16.7 Å². The van der Waals surface area contributed by atoms with E-state index >= 15 is 0 Å². The summed E-state index contributed by atoms with van der Waals surface area (Å²) in [7, 11) is 1.36. The lowest BCUT2D eigenvalue weighted by Crippen LogP contribution is -2.61. The second-order valence-electron chi connectivity index (χ2n) is 11.9. The first-order valence-corrected chi connectivity index (χ1v) is 13.5. The summed E-state index contributed by atoms with van der Waals surface area (Å²) in [6.45, 7) is 9.86. The minimum atomic E-state index is -1.21. The molecule has 0 unspecified atom stereocenters. The topological polar surface area (TPSA) is 94.6 Å². The number of esters is 1. The molecule has 4 aliphatic rings. The molecule has 9 nitrogen and oxygen atoms in total. The predicted molar refractivity (Wildman–Crippen MR) is 138 cm³/mol. The van der Waals surface area contributed by atoms with Crippen LogP contribution in [0.5, 0.6) is 11.5 Å². The number of hydrogen-bond donors (Lipinski definition) is 0. The Hall–Kier alpha value is -3.07. The zero-order valence-electron chi connectivity index (χ0n) is 23.0. The van der Waals surface area contributed by atoms with Crippen molar-refractivity contribution >= 4 is 17.8 Å². The van der Waals surface area contributed by atoms with Crippen molar-refractivity contribution in [2.75, 3.05) is 27.0 Å². The first-order valence-electron chi connectivity index (χ1n) is 13.5. The third-order valence-corrected chi connectivity index (χ3v) is 8.35. The molecule has 4 heterocycles. The van der Waals surface area contributed by atoms with Gasteiger partial charge in [-0.05, 0) is 55.4 Å². The molecular formula is C29H38N2O7. The van der Waals surface area contributed by atoms with Gasteiger partial charge < -0.3 is 28.7 Å². The van der Waals surface area contributed by atoms with E-state index in [4.69, 9.17) is 18.9 Å². The van der Waals surface area contributed by atoms with Gasteiger partial charge in [0.25, 0.3) is 0 Å². The van der Waals surface area contributed by atoms with Crippen molar-refractivity contribution < 1.29 is 33.3 Å². The number of ether oxygens (including phenoxy) is 4. The van der Waals surface area contributed by atoms with E-state index in [0.717, 1.165) is 18.4 Å². The van der Waals surface area contributed by atoms with Crippen LogP contribution in [0.25, 0.3) is 0 Å². The lowest BCUT2D eigenvalue weighted by molar-refractivity contribution is -0.180. The summed E-state index contributed by atoms with van der Waals surface area (Å²) in [5.41, 5.74) is -0.0492. The lowest BCUT2D eigenvalue weighted by Gasteiger charge is -2.53. The van der Waals surface area contributed by atoms with E-state index in [2.05, 4.69) is 20.8 Å². The Kier molecular flexibility index (Phi) is 6.92. The highest BCUT2D eigenvalue weighted by Crippen LogP contribution is 2.52. The molecule has 9 heteroatoms. The predicted octanol–water partition coefficient (Wildman–Crippen LogP) is 3.65. The number of nitrogens with zero attached hydrogens (tertiary/aromatic N) is 2. The Morgan fingerprint density at radius 3 is 2.53 bits per heavy atom. The largest absolute Gasteiger partial charge is 0.468 e. The zero-order valence-corrected chi connectivity index (χ0v) is 23.0. The number of likely N-dealkylation sites (tertiary alicyclic amines) is 2. The van der Waals surface area contributed by atoms with E-state index in [9.17, 15) is 14.4 Å². The van der Waals surface area contributed by atoms with Crippen molar-refractivity contribution in [1.29, 1.82) is 0 Å². The van der Waals surface area contributed by atoms with Crippen molar-refractivity contribution in [1.82, 2.24) is 9.80 Å². The molecule has 0 aromatic heterocycles. The van der Waals surface area contributed by atoms with Gasteiger partial charge in [-0.1, -0.05) is 26.8 Å². The van der Waals surface area contributed by atoms with E-state index in [0.29, 0.717) is 30.3 Å². The van der Waals surface area contributed by atoms with Crippen molar-refractivity contribution in [3.63, 3.8) is 0 Å². The summed E-state index contributed by atoms with van der Waals surface area (Å²) in [6.07, 6.45) is 3.20. The Balaban J connectivity index is 1.57. The molecule has 0 N–H and O–H groups in total. The second kappa shape index (κ2) is 9.91. The van der Waals surface area contributed by atoms with Crippen LogP contribution in [0.4, 0.5) is 0 Å². The van der Waals surface area contributed by atoms with Gasteiger partial charge in [-0.3, -0.25) is 14.4 Å². The number of rotatable bonds is 5. The van der Waals surface area contributed by atoms with Crippen LogP contribution in [0.2, 0.25) is 0 Å². The summed E-state index contributed by atoms with van der Waals surface area (Å²) in [5, 5.41) is 0. The summed E-state index contributed by atoms with van der Waals surface area (Å²) in [5.74, 6) is -0.0655. The summed E-state index contributed by atoms with van der Waals surface area (Å²) >= 11 is 0. The number of fused-ring (bicyclic) bond motifs is 2. The van der Waals surface area contributed by atoms with Crippen LogP contribution in [0.1, 0.15) is 58.9 Å². The molecule has 0 saturated carbocycles. The van der Waals surface area contributed by atoms with E-state index in [1.807, 2.05) is 36.1 Å².